The topological polar surface area (TPSA) is 103 Å². The Morgan fingerprint density at radius 2 is 1.86 bits per heavy atom. The van der Waals surface area contributed by atoms with Crippen molar-refractivity contribution in [3.05, 3.63) is 101 Å². The van der Waals surface area contributed by atoms with E-state index < -0.39 is 11.0 Å². The molecule has 1 fully saturated rings. The van der Waals surface area contributed by atoms with E-state index in [-0.39, 0.29) is 11.7 Å². The Kier molecular flexibility index (Phi) is 6.26. The third-order valence-electron chi connectivity index (χ3n) is 6.03. The van der Waals surface area contributed by atoms with E-state index in [1.165, 1.54) is 6.07 Å². The quantitative estimate of drug-likeness (QED) is 0.201. The molecule has 2 aromatic carbocycles. The summed E-state index contributed by atoms with van der Waals surface area (Å²) in [6, 6.07) is 20.4. The van der Waals surface area contributed by atoms with Crippen molar-refractivity contribution in [1.29, 1.82) is 0 Å². The van der Waals surface area contributed by atoms with Crippen molar-refractivity contribution in [2.24, 2.45) is 0 Å². The molecule has 3 heterocycles. The number of nitro groups is 1. The monoisotopic (exact) mass is 502 g/mol. The number of para-hydroxylation sites is 1. The van der Waals surface area contributed by atoms with Crippen LogP contribution in [0, 0.1) is 10.1 Å². The van der Waals surface area contributed by atoms with Crippen LogP contribution in [-0.4, -0.2) is 29.2 Å². The molecule has 9 nitrogen and oxygen atoms in total. The van der Waals surface area contributed by atoms with E-state index in [1.54, 1.807) is 50.7 Å². The van der Waals surface area contributed by atoms with Crippen LogP contribution in [0.4, 0.5) is 11.4 Å². The molecule has 1 aliphatic rings. The van der Waals surface area contributed by atoms with Gasteiger partial charge in [0.1, 0.15) is 29.1 Å². The third kappa shape index (κ3) is 4.11. The van der Waals surface area contributed by atoms with Crippen LogP contribution in [0.25, 0.3) is 11.3 Å². The predicted octanol–water partition coefficient (Wildman–Crippen LogP) is 5.44. The van der Waals surface area contributed by atoms with Gasteiger partial charge in [-0.2, -0.15) is 0 Å². The Morgan fingerprint density at radius 1 is 1.06 bits per heavy atom. The minimum atomic E-state index is -0.453. The van der Waals surface area contributed by atoms with Gasteiger partial charge in [0.2, 0.25) is 0 Å². The van der Waals surface area contributed by atoms with E-state index in [4.69, 9.17) is 26.1 Å². The van der Waals surface area contributed by atoms with Gasteiger partial charge in [-0.15, -0.1) is 0 Å². The lowest BCUT2D eigenvalue weighted by atomic mass is 10.0. The first-order chi connectivity index (χ1) is 17.5. The van der Waals surface area contributed by atoms with Gasteiger partial charge < -0.3 is 24.1 Å². The van der Waals surface area contributed by atoms with Crippen molar-refractivity contribution >= 4 is 28.7 Å². The highest BCUT2D eigenvalue weighted by Gasteiger charge is 2.43. The SMILES string of the molecule is COc1ccc(N2C(=S)N[C@H](c3ccccn3)[C@H]2c2ccc(-c3ccccc3[N+](=O)[O-])o2)c(OC)c1. The minimum Gasteiger partial charge on any atom is -0.497 e. The lowest BCUT2D eigenvalue weighted by molar-refractivity contribution is -0.384. The molecule has 0 spiro atoms. The van der Waals surface area contributed by atoms with Crippen LogP contribution in [0.5, 0.6) is 11.5 Å². The summed E-state index contributed by atoms with van der Waals surface area (Å²) >= 11 is 5.77. The lowest BCUT2D eigenvalue weighted by Crippen LogP contribution is -2.29. The summed E-state index contributed by atoms with van der Waals surface area (Å²) in [5.41, 5.74) is 1.84. The van der Waals surface area contributed by atoms with Gasteiger partial charge in [-0.3, -0.25) is 15.1 Å². The zero-order chi connectivity index (χ0) is 25.2. The van der Waals surface area contributed by atoms with Crippen LogP contribution in [0.1, 0.15) is 23.5 Å². The number of aromatic nitrogens is 1. The second-order valence-corrected chi connectivity index (χ2v) is 8.40. The van der Waals surface area contributed by atoms with Gasteiger partial charge in [0.05, 0.1) is 42.1 Å². The summed E-state index contributed by atoms with van der Waals surface area (Å²) in [4.78, 5) is 17.6. The molecule has 4 aromatic rings. The number of nitrogens with one attached hydrogen (secondary N) is 1. The molecule has 36 heavy (non-hydrogen) atoms. The summed E-state index contributed by atoms with van der Waals surface area (Å²) in [5.74, 6) is 2.15. The molecular formula is C26H22N4O5S. The first-order valence-electron chi connectivity index (χ1n) is 11.1. The molecule has 0 saturated carbocycles. The van der Waals surface area contributed by atoms with Gasteiger partial charge in [-0.05, 0) is 54.7 Å². The number of pyridine rings is 1. The fraction of sp³-hybridized carbons (Fsp3) is 0.154. The molecular weight excluding hydrogens is 480 g/mol. The van der Waals surface area contributed by atoms with Gasteiger partial charge in [-0.1, -0.05) is 18.2 Å². The molecule has 10 heteroatoms. The van der Waals surface area contributed by atoms with E-state index in [0.717, 1.165) is 5.69 Å². The van der Waals surface area contributed by atoms with Crippen molar-refractivity contribution < 1.29 is 18.8 Å². The molecule has 1 N–H and O–H groups in total. The number of hydrogen-bond donors (Lipinski definition) is 1. The number of furan rings is 1. The Labute approximate surface area is 212 Å². The van der Waals surface area contributed by atoms with Gasteiger partial charge in [0, 0.05) is 18.3 Å². The van der Waals surface area contributed by atoms with Gasteiger partial charge >= 0.3 is 0 Å². The number of hydrogen-bond acceptors (Lipinski definition) is 7. The number of rotatable bonds is 7. The maximum atomic E-state index is 11.6. The maximum Gasteiger partial charge on any atom is 0.280 e. The second-order valence-electron chi connectivity index (χ2n) is 8.01. The molecule has 0 bridgehead atoms. The van der Waals surface area contributed by atoms with Gasteiger partial charge in [0.25, 0.3) is 5.69 Å². The van der Waals surface area contributed by atoms with Crippen molar-refractivity contribution in [2.45, 2.75) is 12.1 Å². The van der Waals surface area contributed by atoms with Crippen LogP contribution in [0.15, 0.2) is 83.4 Å². The molecule has 0 amide bonds. The smallest absolute Gasteiger partial charge is 0.280 e. The first-order valence-corrected chi connectivity index (χ1v) is 11.5. The molecule has 1 aliphatic heterocycles. The zero-order valence-electron chi connectivity index (χ0n) is 19.5. The molecule has 0 radical (unpaired) electrons. The fourth-order valence-corrected chi connectivity index (χ4v) is 4.72. The van der Waals surface area contributed by atoms with Crippen LogP contribution < -0.4 is 19.7 Å². The Bertz CT molecular complexity index is 1420. The Hall–Kier alpha value is -4.44. The number of benzene rings is 2. The summed E-state index contributed by atoms with van der Waals surface area (Å²) in [6.07, 6.45) is 1.72. The normalized spacial score (nSPS) is 17.1. The Morgan fingerprint density at radius 3 is 2.58 bits per heavy atom. The molecule has 0 aliphatic carbocycles. The molecule has 2 atom stereocenters. The first kappa shape index (κ1) is 23.3. The van der Waals surface area contributed by atoms with E-state index in [2.05, 4.69) is 10.3 Å². The van der Waals surface area contributed by atoms with Crippen molar-refractivity contribution in [3.8, 4) is 22.8 Å². The molecule has 0 unspecified atom stereocenters. The highest BCUT2D eigenvalue weighted by molar-refractivity contribution is 7.80. The van der Waals surface area contributed by atoms with E-state index >= 15 is 0 Å². The van der Waals surface area contributed by atoms with E-state index in [0.29, 0.717) is 39.4 Å². The minimum absolute atomic E-state index is 0.0339. The van der Waals surface area contributed by atoms with Crippen LogP contribution in [0.2, 0.25) is 0 Å². The van der Waals surface area contributed by atoms with Gasteiger partial charge in [0.15, 0.2) is 5.11 Å². The summed E-state index contributed by atoms with van der Waals surface area (Å²) in [5, 5.41) is 15.4. The number of thiocarbonyl (C=S) groups is 1. The Balaban J connectivity index is 1.64. The maximum absolute atomic E-state index is 11.6. The lowest BCUT2D eigenvalue weighted by Gasteiger charge is -2.27. The van der Waals surface area contributed by atoms with Gasteiger partial charge in [-0.25, -0.2) is 0 Å². The largest absolute Gasteiger partial charge is 0.497 e. The number of nitrogens with zero attached hydrogens (tertiary/aromatic N) is 3. The second kappa shape index (κ2) is 9.67. The van der Waals surface area contributed by atoms with Crippen molar-refractivity contribution in [2.75, 3.05) is 19.1 Å². The van der Waals surface area contributed by atoms with Crippen LogP contribution in [0.3, 0.4) is 0 Å². The van der Waals surface area contributed by atoms with Crippen LogP contribution in [-0.2, 0) is 0 Å². The van der Waals surface area contributed by atoms with Crippen molar-refractivity contribution in [3.63, 3.8) is 0 Å². The molecule has 1 saturated heterocycles. The number of anilines is 1. The molecule has 2 aromatic heterocycles. The zero-order valence-corrected chi connectivity index (χ0v) is 20.3. The summed E-state index contributed by atoms with van der Waals surface area (Å²) < 4.78 is 17.3. The molecule has 5 rings (SSSR count). The fourth-order valence-electron chi connectivity index (χ4n) is 4.38. The van der Waals surface area contributed by atoms with Crippen LogP contribution >= 0.6 is 12.2 Å². The molecule has 182 valence electrons. The predicted molar refractivity (Wildman–Crippen MR) is 138 cm³/mol. The standard InChI is InChI=1S/C26H22N4O5S/c1-33-16-10-11-20(23(15-16)34-2)29-25(24(28-26(29)36)18-8-5-6-14-27-18)22-13-12-21(35-22)17-7-3-4-9-19(17)30(31)32/h3-15,24-25H,1-2H3,(H,28,36)/t24-,25-/m1/s1. The number of ether oxygens (including phenoxy) is 2. The highest BCUT2D eigenvalue weighted by atomic mass is 32.1. The van der Waals surface area contributed by atoms with E-state index in [9.17, 15) is 10.1 Å². The summed E-state index contributed by atoms with van der Waals surface area (Å²) in [6.45, 7) is 0. The van der Waals surface area contributed by atoms with E-state index in [1.807, 2.05) is 41.3 Å². The third-order valence-corrected chi connectivity index (χ3v) is 6.34. The highest BCUT2D eigenvalue weighted by Crippen LogP contribution is 2.46. The number of nitro benzene ring substituents is 1. The number of methoxy groups -OCH3 is 2. The average Bonchev–Trinajstić information content (AvgIpc) is 3.53. The summed E-state index contributed by atoms with van der Waals surface area (Å²) in [7, 11) is 3.17. The van der Waals surface area contributed by atoms with Crippen molar-refractivity contribution in [1.82, 2.24) is 10.3 Å². The average molecular weight is 503 g/mol.